The molecule has 0 aromatic rings. The number of carboxylic acids is 1. The smallest absolute Gasteiger partial charge is 0.307 e. The van der Waals surface area contributed by atoms with E-state index in [2.05, 4.69) is 19.1 Å². The van der Waals surface area contributed by atoms with E-state index in [4.69, 9.17) is 5.11 Å². The highest BCUT2D eigenvalue weighted by molar-refractivity contribution is 5.68. The summed E-state index contributed by atoms with van der Waals surface area (Å²) in [7, 11) is 0. The first-order valence-electron chi connectivity index (χ1n) is 9.29. The molecule has 0 bridgehead atoms. The van der Waals surface area contributed by atoms with Crippen LogP contribution in [0.1, 0.15) is 96.8 Å². The fourth-order valence-electron chi connectivity index (χ4n) is 2.48. The van der Waals surface area contributed by atoms with Crippen LogP contribution in [0.3, 0.4) is 0 Å². The minimum atomic E-state index is -0.757. The van der Waals surface area contributed by atoms with E-state index in [1.54, 1.807) is 6.08 Å². The Hall–Kier alpha value is -1.05. The molecule has 0 aliphatic carbocycles. The second kappa shape index (κ2) is 18.0. The first kappa shape index (κ1) is 20.9. The molecule has 0 spiro atoms. The van der Waals surface area contributed by atoms with E-state index >= 15 is 0 Å². The second-order valence-corrected chi connectivity index (χ2v) is 6.09. The Morgan fingerprint density at radius 3 is 1.68 bits per heavy atom. The van der Waals surface area contributed by atoms with Crippen LogP contribution in [-0.2, 0) is 4.79 Å². The zero-order chi connectivity index (χ0) is 16.3. The van der Waals surface area contributed by atoms with Crippen LogP contribution in [0.15, 0.2) is 24.3 Å². The second-order valence-electron chi connectivity index (χ2n) is 6.09. The molecule has 22 heavy (non-hydrogen) atoms. The first-order valence-corrected chi connectivity index (χ1v) is 9.29. The van der Waals surface area contributed by atoms with E-state index in [1.165, 1.54) is 70.6 Å². The Morgan fingerprint density at radius 1 is 0.682 bits per heavy atom. The van der Waals surface area contributed by atoms with Gasteiger partial charge in [0.15, 0.2) is 0 Å². The molecule has 0 aromatic heterocycles. The summed E-state index contributed by atoms with van der Waals surface area (Å²) in [6, 6.07) is 0. The van der Waals surface area contributed by atoms with E-state index in [0.29, 0.717) is 0 Å². The molecule has 2 heteroatoms. The number of allylic oxidation sites excluding steroid dienone is 3. The molecule has 0 aliphatic heterocycles. The Kier molecular flexibility index (Phi) is 17.1. The first-order chi connectivity index (χ1) is 10.8. The molecule has 0 amide bonds. The van der Waals surface area contributed by atoms with Crippen molar-refractivity contribution in [1.82, 2.24) is 0 Å². The SMILES string of the molecule is CCCCCCCCCCCCC=CCCC=CCC(=O)O. The van der Waals surface area contributed by atoms with Crippen molar-refractivity contribution in [3.05, 3.63) is 24.3 Å². The topological polar surface area (TPSA) is 37.3 Å². The van der Waals surface area contributed by atoms with Gasteiger partial charge in [0.2, 0.25) is 0 Å². The van der Waals surface area contributed by atoms with Gasteiger partial charge in [0.1, 0.15) is 0 Å². The molecule has 128 valence electrons. The molecule has 0 aromatic carbocycles. The summed E-state index contributed by atoms with van der Waals surface area (Å²) in [5.41, 5.74) is 0. The largest absolute Gasteiger partial charge is 0.481 e. The van der Waals surface area contributed by atoms with Gasteiger partial charge in [-0.05, 0) is 25.7 Å². The van der Waals surface area contributed by atoms with Crippen LogP contribution in [0.25, 0.3) is 0 Å². The van der Waals surface area contributed by atoms with Crippen LogP contribution in [-0.4, -0.2) is 11.1 Å². The Balaban J connectivity index is 3.14. The molecule has 0 saturated heterocycles. The molecule has 0 radical (unpaired) electrons. The number of unbranched alkanes of at least 4 members (excludes halogenated alkanes) is 11. The van der Waals surface area contributed by atoms with Crippen molar-refractivity contribution in [2.24, 2.45) is 0 Å². The Labute approximate surface area is 137 Å². The van der Waals surface area contributed by atoms with Crippen LogP contribution in [0, 0.1) is 0 Å². The van der Waals surface area contributed by atoms with Crippen molar-refractivity contribution >= 4 is 5.97 Å². The predicted molar refractivity (Wildman–Crippen MR) is 96.2 cm³/mol. The highest BCUT2D eigenvalue weighted by Gasteiger charge is 1.92. The Bertz CT molecular complexity index is 292. The van der Waals surface area contributed by atoms with Crippen LogP contribution >= 0.6 is 0 Å². The standard InChI is InChI=1S/C20H36O2/c1-2-3-4-5-6-7-8-9-10-11-12-13-14-15-16-17-18-19-20(21)22/h13-14,17-18H,2-12,15-16,19H2,1H3,(H,21,22). The number of carboxylic acid groups (broad SMARTS) is 1. The van der Waals surface area contributed by atoms with Crippen LogP contribution in [0.2, 0.25) is 0 Å². The maximum atomic E-state index is 10.3. The summed E-state index contributed by atoms with van der Waals surface area (Å²) in [4.78, 5) is 10.3. The predicted octanol–water partition coefficient (Wildman–Crippen LogP) is 6.66. The van der Waals surface area contributed by atoms with Gasteiger partial charge in [0.05, 0.1) is 6.42 Å². The Morgan fingerprint density at radius 2 is 1.14 bits per heavy atom. The summed E-state index contributed by atoms with van der Waals surface area (Å²) < 4.78 is 0. The molecule has 0 aliphatic rings. The van der Waals surface area contributed by atoms with Crippen molar-refractivity contribution in [3.63, 3.8) is 0 Å². The summed E-state index contributed by atoms with van der Waals surface area (Å²) in [6.45, 7) is 2.27. The molecule has 0 fully saturated rings. The molecule has 1 N–H and O–H groups in total. The molecule has 0 atom stereocenters. The lowest BCUT2D eigenvalue weighted by Gasteiger charge is -2.01. The summed E-state index contributed by atoms with van der Waals surface area (Å²) >= 11 is 0. The third-order valence-corrected chi connectivity index (χ3v) is 3.85. The fraction of sp³-hybridized carbons (Fsp3) is 0.750. The van der Waals surface area contributed by atoms with E-state index in [0.717, 1.165) is 12.8 Å². The number of hydrogen-bond acceptors (Lipinski definition) is 1. The van der Waals surface area contributed by atoms with Crippen molar-refractivity contribution in [2.75, 3.05) is 0 Å². The molecule has 0 rings (SSSR count). The average molecular weight is 309 g/mol. The quantitative estimate of drug-likeness (QED) is 0.255. The average Bonchev–Trinajstić information content (AvgIpc) is 2.50. The highest BCUT2D eigenvalue weighted by Crippen LogP contribution is 2.11. The molecule has 0 unspecified atom stereocenters. The van der Waals surface area contributed by atoms with Gasteiger partial charge in [-0.25, -0.2) is 0 Å². The van der Waals surface area contributed by atoms with Crippen molar-refractivity contribution in [1.29, 1.82) is 0 Å². The minimum absolute atomic E-state index is 0.141. The van der Waals surface area contributed by atoms with Gasteiger partial charge in [-0.2, -0.15) is 0 Å². The van der Waals surface area contributed by atoms with Gasteiger partial charge >= 0.3 is 5.97 Å². The number of rotatable bonds is 16. The number of carbonyl (C=O) groups is 1. The molecular formula is C20H36O2. The van der Waals surface area contributed by atoms with Gasteiger partial charge in [-0.1, -0.05) is 89.0 Å². The summed E-state index contributed by atoms with van der Waals surface area (Å²) in [5.74, 6) is -0.757. The monoisotopic (exact) mass is 308 g/mol. The van der Waals surface area contributed by atoms with Crippen molar-refractivity contribution in [3.8, 4) is 0 Å². The minimum Gasteiger partial charge on any atom is -0.481 e. The van der Waals surface area contributed by atoms with Gasteiger partial charge in [-0.3, -0.25) is 4.79 Å². The van der Waals surface area contributed by atoms with E-state index in [-0.39, 0.29) is 6.42 Å². The molecule has 2 nitrogen and oxygen atoms in total. The van der Waals surface area contributed by atoms with E-state index in [1.807, 2.05) is 6.08 Å². The zero-order valence-electron chi connectivity index (χ0n) is 14.6. The van der Waals surface area contributed by atoms with Crippen molar-refractivity contribution in [2.45, 2.75) is 96.8 Å². The normalized spacial score (nSPS) is 11.7. The lowest BCUT2D eigenvalue weighted by molar-refractivity contribution is -0.136. The molecule has 0 heterocycles. The maximum absolute atomic E-state index is 10.3. The van der Waals surface area contributed by atoms with Gasteiger partial charge in [0, 0.05) is 0 Å². The summed E-state index contributed by atoms with van der Waals surface area (Å²) in [5, 5.41) is 8.47. The van der Waals surface area contributed by atoms with Gasteiger partial charge in [0.25, 0.3) is 0 Å². The molecular weight excluding hydrogens is 272 g/mol. The third kappa shape index (κ3) is 18.9. The molecule has 0 saturated carbocycles. The van der Waals surface area contributed by atoms with Gasteiger partial charge < -0.3 is 5.11 Å². The van der Waals surface area contributed by atoms with Crippen LogP contribution < -0.4 is 0 Å². The summed E-state index contributed by atoms with van der Waals surface area (Å²) in [6.07, 6.45) is 25.4. The lowest BCUT2D eigenvalue weighted by Crippen LogP contribution is -1.89. The number of hydrogen-bond donors (Lipinski definition) is 1. The number of aliphatic carboxylic acids is 1. The van der Waals surface area contributed by atoms with Gasteiger partial charge in [-0.15, -0.1) is 0 Å². The van der Waals surface area contributed by atoms with Crippen molar-refractivity contribution < 1.29 is 9.90 Å². The van der Waals surface area contributed by atoms with Crippen LogP contribution in [0.5, 0.6) is 0 Å². The third-order valence-electron chi connectivity index (χ3n) is 3.85. The van der Waals surface area contributed by atoms with E-state index in [9.17, 15) is 4.79 Å². The fourth-order valence-corrected chi connectivity index (χ4v) is 2.48. The zero-order valence-corrected chi connectivity index (χ0v) is 14.6. The highest BCUT2D eigenvalue weighted by atomic mass is 16.4. The lowest BCUT2D eigenvalue weighted by atomic mass is 10.1. The maximum Gasteiger partial charge on any atom is 0.307 e. The van der Waals surface area contributed by atoms with Crippen LogP contribution in [0.4, 0.5) is 0 Å². The van der Waals surface area contributed by atoms with E-state index < -0.39 is 5.97 Å².